The highest BCUT2D eigenvalue weighted by Crippen LogP contribution is 2.10. The zero-order valence-electron chi connectivity index (χ0n) is 7.53. The molecule has 0 aliphatic carbocycles. The fourth-order valence-electron chi connectivity index (χ4n) is 1.00. The van der Waals surface area contributed by atoms with Crippen LogP contribution in [0.1, 0.15) is 5.56 Å². The molecule has 0 bridgehead atoms. The smallest absolute Gasteiger partial charge is 0.316 e. The van der Waals surface area contributed by atoms with Crippen LogP contribution in [0.3, 0.4) is 0 Å². The van der Waals surface area contributed by atoms with E-state index in [0.717, 1.165) is 5.56 Å². The second-order valence-electron chi connectivity index (χ2n) is 2.67. The van der Waals surface area contributed by atoms with Gasteiger partial charge in [-0.3, -0.25) is 0 Å². The van der Waals surface area contributed by atoms with E-state index in [1.807, 2.05) is 24.3 Å². The maximum absolute atomic E-state index is 10.5. The summed E-state index contributed by atoms with van der Waals surface area (Å²) in [6.07, 6.45) is 3.75. The number of hydrogen-bond acceptors (Lipinski definition) is 1. The molecule has 3 N–H and O–H groups in total. The van der Waals surface area contributed by atoms with Crippen molar-refractivity contribution in [2.24, 2.45) is 5.73 Å². The number of carbonyl (C=O) groups excluding carboxylic acids is 1. The summed E-state index contributed by atoms with van der Waals surface area (Å²) in [5.41, 5.74) is 6.67. The van der Waals surface area contributed by atoms with Gasteiger partial charge in [0.05, 0.1) is 0 Å². The van der Waals surface area contributed by atoms with E-state index < -0.39 is 6.03 Å². The van der Waals surface area contributed by atoms with Gasteiger partial charge in [-0.2, -0.15) is 0 Å². The molecular formula is C10H11ClN2O. The van der Waals surface area contributed by atoms with Crippen LogP contribution >= 0.6 is 11.6 Å². The molecule has 0 heterocycles. The Hall–Kier alpha value is -1.48. The summed E-state index contributed by atoms with van der Waals surface area (Å²) < 4.78 is 0. The molecule has 0 aliphatic heterocycles. The van der Waals surface area contributed by atoms with Gasteiger partial charge in [0.2, 0.25) is 0 Å². The standard InChI is InChI=1S/C10H11ClN2O/c11-7-1-2-8-3-5-9(6-4-8)13-10(12)14/h1-6H,7H2,(H3,12,13,14). The SMILES string of the molecule is NC(=O)Nc1ccc(C=CCCl)cc1. The van der Waals surface area contributed by atoms with Crippen LogP contribution in [-0.2, 0) is 0 Å². The quantitative estimate of drug-likeness (QED) is 0.740. The van der Waals surface area contributed by atoms with Gasteiger partial charge in [-0.15, -0.1) is 11.6 Å². The van der Waals surface area contributed by atoms with Gasteiger partial charge in [-0.25, -0.2) is 4.79 Å². The van der Waals surface area contributed by atoms with E-state index in [1.165, 1.54) is 0 Å². The van der Waals surface area contributed by atoms with Gasteiger partial charge in [-0.1, -0.05) is 24.3 Å². The highest BCUT2D eigenvalue weighted by molar-refractivity contribution is 6.19. The van der Waals surface area contributed by atoms with Crippen molar-refractivity contribution < 1.29 is 4.79 Å². The van der Waals surface area contributed by atoms with Crippen LogP contribution in [-0.4, -0.2) is 11.9 Å². The Bertz CT molecular complexity index is 332. The molecule has 0 radical (unpaired) electrons. The molecular weight excluding hydrogens is 200 g/mol. The number of nitrogens with one attached hydrogen (secondary N) is 1. The molecule has 4 heteroatoms. The molecule has 0 spiro atoms. The molecule has 74 valence electrons. The first-order valence-electron chi connectivity index (χ1n) is 4.11. The summed E-state index contributed by atoms with van der Waals surface area (Å²) in [4.78, 5) is 10.5. The van der Waals surface area contributed by atoms with Crippen molar-refractivity contribution in [3.05, 3.63) is 35.9 Å². The third-order valence-corrected chi connectivity index (χ3v) is 1.76. The number of urea groups is 1. The number of primary amides is 1. The summed E-state index contributed by atoms with van der Waals surface area (Å²) in [7, 11) is 0. The van der Waals surface area contributed by atoms with Crippen molar-refractivity contribution in [1.82, 2.24) is 0 Å². The first-order valence-corrected chi connectivity index (χ1v) is 4.65. The van der Waals surface area contributed by atoms with Crippen LogP contribution in [0.2, 0.25) is 0 Å². The monoisotopic (exact) mass is 210 g/mol. The highest BCUT2D eigenvalue weighted by atomic mass is 35.5. The Balaban J connectivity index is 2.68. The molecule has 1 aromatic carbocycles. The van der Waals surface area contributed by atoms with Gasteiger partial charge >= 0.3 is 6.03 Å². The number of hydrogen-bond donors (Lipinski definition) is 2. The van der Waals surface area contributed by atoms with Crippen LogP contribution in [0.5, 0.6) is 0 Å². The Morgan fingerprint density at radius 3 is 2.57 bits per heavy atom. The molecule has 1 rings (SSSR count). The third kappa shape index (κ3) is 3.49. The van der Waals surface area contributed by atoms with Crippen LogP contribution in [0.25, 0.3) is 6.08 Å². The number of allylic oxidation sites excluding steroid dienone is 1. The number of benzene rings is 1. The molecule has 0 unspecified atom stereocenters. The van der Waals surface area contributed by atoms with Crippen molar-refractivity contribution in [2.45, 2.75) is 0 Å². The lowest BCUT2D eigenvalue weighted by molar-refractivity contribution is 0.259. The minimum Gasteiger partial charge on any atom is -0.351 e. The summed E-state index contributed by atoms with van der Waals surface area (Å²) in [5, 5.41) is 2.48. The summed E-state index contributed by atoms with van der Waals surface area (Å²) in [5.74, 6) is 0.487. The number of alkyl halides is 1. The summed E-state index contributed by atoms with van der Waals surface area (Å²) in [6.45, 7) is 0. The topological polar surface area (TPSA) is 55.1 Å². The Morgan fingerprint density at radius 1 is 1.43 bits per heavy atom. The fourth-order valence-corrected chi connectivity index (χ4v) is 1.09. The Morgan fingerprint density at radius 2 is 2.07 bits per heavy atom. The average molecular weight is 211 g/mol. The summed E-state index contributed by atoms with van der Waals surface area (Å²) >= 11 is 5.49. The highest BCUT2D eigenvalue weighted by Gasteiger charge is 1.94. The van der Waals surface area contributed by atoms with E-state index >= 15 is 0 Å². The second-order valence-corrected chi connectivity index (χ2v) is 2.98. The van der Waals surface area contributed by atoms with E-state index in [9.17, 15) is 4.79 Å². The zero-order valence-corrected chi connectivity index (χ0v) is 8.29. The third-order valence-electron chi connectivity index (χ3n) is 1.58. The van der Waals surface area contributed by atoms with E-state index in [0.29, 0.717) is 11.6 Å². The van der Waals surface area contributed by atoms with E-state index in [2.05, 4.69) is 5.32 Å². The molecule has 2 amide bonds. The van der Waals surface area contributed by atoms with Gasteiger partial charge in [0.25, 0.3) is 0 Å². The molecule has 0 fully saturated rings. The number of nitrogens with two attached hydrogens (primary N) is 1. The van der Waals surface area contributed by atoms with Crippen LogP contribution < -0.4 is 11.1 Å². The molecule has 0 saturated carbocycles. The predicted octanol–water partition coefficient (Wildman–Crippen LogP) is 2.43. The van der Waals surface area contributed by atoms with E-state index in [1.54, 1.807) is 12.1 Å². The van der Waals surface area contributed by atoms with Gasteiger partial charge < -0.3 is 11.1 Å². The number of amides is 2. The lowest BCUT2D eigenvalue weighted by atomic mass is 10.2. The maximum Gasteiger partial charge on any atom is 0.316 e. The molecule has 0 aliphatic rings. The fraction of sp³-hybridized carbons (Fsp3) is 0.100. The van der Waals surface area contributed by atoms with Gasteiger partial charge in [0, 0.05) is 11.6 Å². The zero-order chi connectivity index (χ0) is 10.4. The normalized spacial score (nSPS) is 10.4. The maximum atomic E-state index is 10.5. The van der Waals surface area contributed by atoms with Crippen molar-refractivity contribution in [2.75, 3.05) is 11.2 Å². The van der Waals surface area contributed by atoms with E-state index in [4.69, 9.17) is 17.3 Å². The van der Waals surface area contributed by atoms with Crippen LogP contribution in [0, 0.1) is 0 Å². The first kappa shape index (κ1) is 10.6. The molecule has 0 atom stereocenters. The molecule has 3 nitrogen and oxygen atoms in total. The lowest BCUT2D eigenvalue weighted by Gasteiger charge is -2.00. The van der Waals surface area contributed by atoms with Crippen molar-refractivity contribution in [1.29, 1.82) is 0 Å². The van der Waals surface area contributed by atoms with Crippen LogP contribution in [0.4, 0.5) is 10.5 Å². The second kappa shape index (κ2) is 5.29. The molecule has 0 aromatic heterocycles. The van der Waals surface area contributed by atoms with Crippen LogP contribution in [0.15, 0.2) is 30.3 Å². The van der Waals surface area contributed by atoms with Gasteiger partial charge in [-0.05, 0) is 17.7 Å². The van der Waals surface area contributed by atoms with Gasteiger partial charge in [0.15, 0.2) is 0 Å². The number of anilines is 1. The lowest BCUT2D eigenvalue weighted by Crippen LogP contribution is -2.19. The predicted molar refractivity (Wildman–Crippen MR) is 59.4 cm³/mol. The number of halogens is 1. The van der Waals surface area contributed by atoms with Crippen molar-refractivity contribution in [3.8, 4) is 0 Å². The summed E-state index contributed by atoms with van der Waals surface area (Å²) in [6, 6.07) is 6.73. The minimum atomic E-state index is -0.561. The molecule has 14 heavy (non-hydrogen) atoms. The van der Waals surface area contributed by atoms with Crippen molar-refractivity contribution >= 4 is 29.4 Å². The largest absolute Gasteiger partial charge is 0.351 e. The van der Waals surface area contributed by atoms with E-state index in [-0.39, 0.29) is 0 Å². The van der Waals surface area contributed by atoms with Crippen molar-refractivity contribution in [3.63, 3.8) is 0 Å². The molecule has 0 saturated heterocycles. The Labute approximate surface area is 87.6 Å². The Kier molecular flexibility index (Phi) is 4.01. The average Bonchev–Trinajstić information content (AvgIpc) is 2.16. The molecule has 1 aromatic rings. The number of carbonyl (C=O) groups is 1. The number of rotatable bonds is 3. The minimum absolute atomic E-state index is 0.487. The van der Waals surface area contributed by atoms with Gasteiger partial charge in [0.1, 0.15) is 0 Å². The first-order chi connectivity index (χ1) is 6.72.